The lowest BCUT2D eigenvalue weighted by atomic mass is 9.99. The molecule has 0 aliphatic carbocycles. The number of likely N-dealkylation sites (N-methyl/N-ethyl adjacent to an activating group) is 1. The van der Waals surface area contributed by atoms with Crippen molar-refractivity contribution in [2.75, 3.05) is 26.7 Å². The van der Waals surface area contributed by atoms with Gasteiger partial charge in [0.05, 0.1) is 18.2 Å². The third-order valence-electron chi connectivity index (χ3n) is 6.82. The number of aliphatic hydroxyl groups excluding tert-OH is 1. The Bertz CT molecular complexity index is 1320. The molecule has 0 spiro atoms. The Morgan fingerprint density at radius 2 is 1.97 bits per heavy atom. The average molecular weight is 522 g/mol. The number of carboxylic acid groups (broad SMARTS) is 1. The first-order chi connectivity index (χ1) is 18.2. The third-order valence-corrected chi connectivity index (χ3v) is 6.82. The van der Waals surface area contributed by atoms with E-state index < -0.39 is 17.8 Å². The smallest absolute Gasteiger partial charge is 0.335 e. The van der Waals surface area contributed by atoms with Crippen LogP contribution < -0.4 is 4.74 Å². The first-order valence-corrected chi connectivity index (χ1v) is 12.5. The second-order valence-corrected chi connectivity index (χ2v) is 9.88. The van der Waals surface area contributed by atoms with Crippen LogP contribution in [0.25, 0.3) is 11.1 Å². The van der Waals surface area contributed by atoms with Crippen LogP contribution in [0.3, 0.4) is 0 Å². The molecule has 0 radical (unpaired) electrons. The summed E-state index contributed by atoms with van der Waals surface area (Å²) in [5.74, 6) is -1.69. The number of aromatic carboxylic acids is 1. The van der Waals surface area contributed by atoms with E-state index in [-0.39, 0.29) is 41.5 Å². The number of amides is 1. The normalized spacial score (nSPS) is 18.4. The Hall–Kier alpha value is -3.82. The Morgan fingerprint density at radius 3 is 2.68 bits per heavy atom. The van der Waals surface area contributed by atoms with Crippen LogP contribution in [0.1, 0.15) is 40.1 Å². The van der Waals surface area contributed by atoms with E-state index in [9.17, 15) is 24.2 Å². The van der Waals surface area contributed by atoms with Crippen LogP contribution >= 0.6 is 0 Å². The fourth-order valence-electron chi connectivity index (χ4n) is 4.65. The minimum Gasteiger partial charge on any atom is -0.478 e. The highest BCUT2D eigenvalue weighted by Crippen LogP contribution is 2.31. The molecule has 38 heavy (non-hydrogen) atoms. The number of ether oxygens (including phenoxy) is 1. The zero-order valence-electron chi connectivity index (χ0n) is 21.7. The number of halogens is 1. The number of aliphatic hydroxyl groups is 1. The van der Waals surface area contributed by atoms with E-state index in [0.717, 1.165) is 5.56 Å². The lowest BCUT2D eigenvalue weighted by Gasteiger charge is -2.37. The van der Waals surface area contributed by atoms with Gasteiger partial charge in [0.1, 0.15) is 17.5 Å². The van der Waals surface area contributed by atoms with Gasteiger partial charge in [0, 0.05) is 42.9 Å². The summed E-state index contributed by atoms with van der Waals surface area (Å²) in [6, 6.07) is 14.2. The molecule has 0 fully saturated rings. The molecule has 9 heteroatoms. The van der Waals surface area contributed by atoms with Crippen molar-refractivity contribution < 1.29 is 28.9 Å². The highest BCUT2D eigenvalue weighted by Gasteiger charge is 2.34. The van der Waals surface area contributed by atoms with Crippen LogP contribution in [0.15, 0.2) is 60.8 Å². The monoisotopic (exact) mass is 521 g/mol. The predicted octanol–water partition coefficient (Wildman–Crippen LogP) is 3.94. The van der Waals surface area contributed by atoms with Crippen molar-refractivity contribution in [2.45, 2.75) is 32.5 Å². The molecular formula is C29H32FN3O5. The number of aromatic nitrogens is 1. The standard InChI is InChI=1S/C29H32FN3O5/c1-18-14-33(19(2)17-34)28(35)24-12-22(23-9-4-5-10-25(23)30)13-31-27(24)38-26(18)16-32(3)15-20-7-6-8-21(11-20)29(36)37/h4-13,18-19,26,34H,14-17H2,1-3H3,(H,36,37)/t18-,19-,26-/m0/s1. The number of carbonyl (C=O) groups is 2. The fourth-order valence-corrected chi connectivity index (χ4v) is 4.65. The molecule has 200 valence electrons. The van der Waals surface area contributed by atoms with Crippen molar-refractivity contribution in [1.82, 2.24) is 14.8 Å². The van der Waals surface area contributed by atoms with Gasteiger partial charge in [-0.3, -0.25) is 9.69 Å². The zero-order valence-corrected chi connectivity index (χ0v) is 21.7. The molecule has 2 N–H and O–H groups in total. The highest BCUT2D eigenvalue weighted by atomic mass is 19.1. The van der Waals surface area contributed by atoms with Gasteiger partial charge in [0.2, 0.25) is 5.88 Å². The van der Waals surface area contributed by atoms with Gasteiger partial charge in [-0.2, -0.15) is 0 Å². The molecule has 1 aliphatic rings. The van der Waals surface area contributed by atoms with Crippen molar-refractivity contribution in [1.29, 1.82) is 0 Å². The van der Waals surface area contributed by atoms with E-state index in [1.165, 1.54) is 12.3 Å². The molecule has 0 saturated carbocycles. The number of carbonyl (C=O) groups excluding carboxylic acids is 1. The number of fused-ring (bicyclic) bond motifs is 1. The quantitative estimate of drug-likeness (QED) is 0.463. The van der Waals surface area contributed by atoms with Gasteiger partial charge in [-0.25, -0.2) is 14.2 Å². The molecule has 1 amide bonds. The van der Waals surface area contributed by atoms with Gasteiger partial charge in [-0.1, -0.05) is 37.3 Å². The summed E-state index contributed by atoms with van der Waals surface area (Å²) in [5, 5.41) is 19.2. The van der Waals surface area contributed by atoms with Gasteiger partial charge in [-0.15, -0.1) is 0 Å². The molecular weight excluding hydrogens is 489 g/mol. The van der Waals surface area contributed by atoms with E-state index >= 15 is 0 Å². The SMILES string of the molecule is C[C@H]1CN([C@@H](C)CO)C(=O)c2cc(-c3ccccc3F)cnc2O[C@H]1CN(C)Cc1cccc(C(=O)O)c1. The van der Waals surface area contributed by atoms with Crippen LogP contribution in [0.5, 0.6) is 5.88 Å². The van der Waals surface area contributed by atoms with Crippen molar-refractivity contribution in [3.05, 3.63) is 83.3 Å². The molecule has 0 saturated heterocycles. The number of carboxylic acids is 1. The zero-order chi connectivity index (χ0) is 27.4. The number of benzene rings is 2. The highest BCUT2D eigenvalue weighted by molar-refractivity contribution is 5.98. The van der Waals surface area contributed by atoms with Crippen LogP contribution in [0.2, 0.25) is 0 Å². The van der Waals surface area contributed by atoms with Crippen molar-refractivity contribution in [3.63, 3.8) is 0 Å². The lowest BCUT2D eigenvalue weighted by molar-refractivity contribution is 0.0325. The molecule has 4 rings (SSSR count). The van der Waals surface area contributed by atoms with Crippen molar-refractivity contribution in [2.24, 2.45) is 5.92 Å². The topological polar surface area (TPSA) is 103 Å². The van der Waals surface area contributed by atoms with Gasteiger partial charge in [0.15, 0.2) is 0 Å². The molecule has 0 unspecified atom stereocenters. The van der Waals surface area contributed by atoms with E-state index in [1.54, 1.807) is 54.3 Å². The van der Waals surface area contributed by atoms with E-state index in [1.807, 2.05) is 24.9 Å². The molecule has 3 aromatic rings. The van der Waals surface area contributed by atoms with E-state index in [4.69, 9.17) is 4.74 Å². The van der Waals surface area contributed by atoms with E-state index in [2.05, 4.69) is 4.98 Å². The second kappa shape index (κ2) is 11.7. The summed E-state index contributed by atoms with van der Waals surface area (Å²) in [6.45, 7) is 4.86. The number of rotatable bonds is 8. The first kappa shape index (κ1) is 27.2. The predicted molar refractivity (Wildman–Crippen MR) is 141 cm³/mol. The second-order valence-electron chi connectivity index (χ2n) is 9.88. The number of pyridine rings is 1. The summed E-state index contributed by atoms with van der Waals surface area (Å²) in [6.07, 6.45) is 1.13. The van der Waals surface area contributed by atoms with Crippen LogP contribution in [-0.2, 0) is 6.54 Å². The largest absolute Gasteiger partial charge is 0.478 e. The minimum atomic E-state index is -0.980. The summed E-state index contributed by atoms with van der Waals surface area (Å²) in [4.78, 5) is 33.0. The maximum absolute atomic E-state index is 14.5. The third kappa shape index (κ3) is 6.00. The lowest BCUT2D eigenvalue weighted by Crippen LogP contribution is -2.49. The van der Waals surface area contributed by atoms with E-state index in [0.29, 0.717) is 30.8 Å². The number of nitrogens with zero attached hydrogens (tertiary/aromatic N) is 3. The maximum atomic E-state index is 14.5. The Labute approximate surface area is 221 Å². The van der Waals surface area contributed by atoms with Crippen molar-refractivity contribution >= 4 is 11.9 Å². The summed E-state index contributed by atoms with van der Waals surface area (Å²) >= 11 is 0. The summed E-state index contributed by atoms with van der Waals surface area (Å²) < 4.78 is 20.8. The molecule has 2 heterocycles. The molecule has 2 aromatic carbocycles. The molecule has 1 aromatic heterocycles. The summed E-state index contributed by atoms with van der Waals surface area (Å²) in [7, 11) is 1.91. The average Bonchev–Trinajstić information content (AvgIpc) is 2.90. The van der Waals surface area contributed by atoms with Gasteiger partial charge >= 0.3 is 5.97 Å². The van der Waals surface area contributed by atoms with Crippen molar-refractivity contribution in [3.8, 4) is 17.0 Å². The van der Waals surface area contributed by atoms with Crippen LogP contribution in [0, 0.1) is 11.7 Å². The molecule has 1 aliphatic heterocycles. The molecule has 3 atom stereocenters. The van der Waals surface area contributed by atoms with Crippen LogP contribution in [-0.4, -0.2) is 75.8 Å². The van der Waals surface area contributed by atoms with Gasteiger partial charge in [0.25, 0.3) is 5.91 Å². The first-order valence-electron chi connectivity index (χ1n) is 12.5. The van der Waals surface area contributed by atoms with Gasteiger partial charge in [-0.05, 0) is 43.8 Å². The molecule has 8 nitrogen and oxygen atoms in total. The number of hydrogen-bond donors (Lipinski definition) is 2. The van der Waals surface area contributed by atoms with Gasteiger partial charge < -0.3 is 19.8 Å². The minimum absolute atomic E-state index is 0.109. The Balaban J connectivity index is 1.64. The molecule has 0 bridgehead atoms. The fraction of sp³-hybridized carbons (Fsp3) is 0.345. The summed E-state index contributed by atoms with van der Waals surface area (Å²) in [5.41, 5.74) is 2.07. The maximum Gasteiger partial charge on any atom is 0.335 e. The van der Waals surface area contributed by atoms with Crippen LogP contribution in [0.4, 0.5) is 4.39 Å². The Kier molecular flexibility index (Phi) is 8.38. The Morgan fingerprint density at radius 1 is 1.21 bits per heavy atom. The number of hydrogen-bond acceptors (Lipinski definition) is 6.